The highest BCUT2D eigenvalue weighted by atomic mass is 16.7. The van der Waals surface area contributed by atoms with Crippen LogP contribution in [0.4, 0.5) is 0 Å². The molecule has 1 rings (SSSR count). The van der Waals surface area contributed by atoms with Crippen LogP contribution in [0.3, 0.4) is 0 Å². The third kappa shape index (κ3) is 15.3. The van der Waals surface area contributed by atoms with E-state index in [9.17, 15) is 4.79 Å². The van der Waals surface area contributed by atoms with Crippen LogP contribution in [0.15, 0.2) is 13.2 Å². The van der Waals surface area contributed by atoms with Crippen molar-refractivity contribution < 1.29 is 14.3 Å². The fraction of sp³-hybridized carbons (Fsp3) is 0.769. The average Bonchev–Trinajstić information content (AvgIpc) is 2.34. The van der Waals surface area contributed by atoms with Gasteiger partial charge in [0, 0.05) is 39.1 Å². The normalized spacial score (nSPS) is 14.5. The molecule has 0 radical (unpaired) electrons. The second-order valence-electron chi connectivity index (χ2n) is 3.27. The summed E-state index contributed by atoms with van der Waals surface area (Å²) in [4.78, 5) is 10.4. The van der Waals surface area contributed by atoms with Gasteiger partial charge in [0.15, 0.2) is 6.29 Å². The lowest BCUT2D eigenvalue weighted by molar-refractivity contribution is -0.123. The summed E-state index contributed by atoms with van der Waals surface area (Å²) in [7, 11) is 0. The summed E-state index contributed by atoms with van der Waals surface area (Å²) in [6, 6.07) is 0. The molecule has 0 aromatic rings. The van der Waals surface area contributed by atoms with Gasteiger partial charge in [-0.05, 0) is 20.8 Å². The van der Waals surface area contributed by atoms with Crippen LogP contribution in [0.5, 0.6) is 0 Å². The monoisotopic (exact) mass is 245 g/mol. The summed E-state index contributed by atoms with van der Waals surface area (Å²) in [6.45, 7) is 15.0. The number of carbonyl (C=O) groups excluding carboxylic acids is 1. The van der Waals surface area contributed by atoms with Gasteiger partial charge in [0.2, 0.25) is 0 Å². The smallest absolute Gasteiger partial charge is 0.154 e. The van der Waals surface area contributed by atoms with Crippen molar-refractivity contribution >= 4 is 5.78 Å². The Balaban J connectivity index is 0. The first-order valence-electron chi connectivity index (χ1n) is 6.16. The summed E-state index contributed by atoms with van der Waals surface area (Å²) >= 11 is 0. The highest BCUT2D eigenvalue weighted by molar-refractivity contribution is 5.79. The Morgan fingerprint density at radius 3 is 1.82 bits per heavy atom. The van der Waals surface area contributed by atoms with Crippen LogP contribution in [0.1, 0.15) is 33.6 Å². The maximum atomic E-state index is 10.4. The van der Waals surface area contributed by atoms with Gasteiger partial charge in [0.25, 0.3) is 0 Å². The Bertz CT molecular complexity index is 160. The Kier molecular flexibility index (Phi) is 16.8. The predicted molar refractivity (Wildman–Crippen MR) is 71.1 cm³/mol. The summed E-state index contributed by atoms with van der Waals surface area (Å²) in [6.07, 6.45) is 1.44. The molecule has 0 aromatic carbocycles. The van der Waals surface area contributed by atoms with Crippen molar-refractivity contribution in [3.05, 3.63) is 13.2 Å². The minimum Gasteiger partial charge on any atom is -0.353 e. The Morgan fingerprint density at radius 2 is 1.59 bits per heavy atom. The number of hydrogen-bond donors (Lipinski definition) is 1. The molecular weight excluding hydrogens is 218 g/mol. The van der Waals surface area contributed by atoms with E-state index in [2.05, 4.69) is 18.5 Å². The molecule has 0 amide bonds. The maximum absolute atomic E-state index is 10.4. The van der Waals surface area contributed by atoms with Gasteiger partial charge < -0.3 is 14.8 Å². The zero-order valence-corrected chi connectivity index (χ0v) is 11.5. The van der Waals surface area contributed by atoms with Gasteiger partial charge in [-0.15, -0.1) is 13.2 Å². The first kappa shape index (κ1) is 18.6. The second-order valence-corrected chi connectivity index (χ2v) is 3.27. The number of piperidine rings is 1. The third-order valence-electron chi connectivity index (χ3n) is 1.96. The fourth-order valence-corrected chi connectivity index (χ4v) is 1.22. The lowest BCUT2D eigenvalue weighted by Crippen LogP contribution is -2.27. The Hall–Kier alpha value is -0.710. The standard InChI is InChI=1S/C6H14O2.C5H9NO.C2H4/c1-4-7-6(3)8-5-2;7-5-1-3-6-4-2-5;1-2/h6H,4-5H2,1-3H3;6H,1-4H2;1-2H2. The third-order valence-corrected chi connectivity index (χ3v) is 1.96. The molecule has 4 nitrogen and oxygen atoms in total. The number of ketones is 1. The lowest BCUT2D eigenvalue weighted by atomic mass is 10.1. The minimum absolute atomic E-state index is 0.0370. The van der Waals surface area contributed by atoms with E-state index in [4.69, 9.17) is 9.47 Å². The number of nitrogens with one attached hydrogen (secondary N) is 1. The average molecular weight is 245 g/mol. The predicted octanol–water partition coefficient (Wildman–Crippen LogP) is 2.15. The second kappa shape index (κ2) is 15.3. The maximum Gasteiger partial charge on any atom is 0.154 e. The van der Waals surface area contributed by atoms with Gasteiger partial charge in [-0.1, -0.05) is 0 Å². The highest BCUT2D eigenvalue weighted by Gasteiger charge is 2.04. The van der Waals surface area contributed by atoms with Crippen LogP contribution in [-0.4, -0.2) is 38.4 Å². The van der Waals surface area contributed by atoms with Crippen molar-refractivity contribution in [2.24, 2.45) is 0 Å². The number of carbonyl (C=O) groups is 1. The summed E-state index contributed by atoms with van der Waals surface area (Å²) in [5.41, 5.74) is 0. The molecule has 17 heavy (non-hydrogen) atoms. The van der Waals surface area contributed by atoms with E-state index in [1.54, 1.807) is 0 Å². The van der Waals surface area contributed by atoms with Crippen molar-refractivity contribution in [3.63, 3.8) is 0 Å². The van der Waals surface area contributed by atoms with E-state index in [-0.39, 0.29) is 6.29 Å². The van der Waals surface area contributed by atoms with Crippen molar-refractivity contribution in [3.8, 4) is 0 Å². The molecule has 1 aliphatic heterocycles. The molecule has 0 bridgehead atoms. The van der Waals surface area contributed by atoms with Gasteiger partial charge in [-0.2, -0.15) is 0 Å². The van der Waals surface area contributed by atoms with Crippen LogP contribution in [-0.2, 0) is 14.3 Å². The number of Topliss-reactive ketones (excluding diaryl/α,β-unsaturated/α-hetero) is 1. The Morgan fingerprint density at radius 1 is 1.18 bits per heavy atom. The molecule has 1 fully saturated rings. The molecule has 1 saturated heterocycles. The van der Waals surface area contributed by atoms with Gasteiger partial charge in [0.1, 0.15) is 5.78 Å². The zero-order chi connectivity index (χ0) is 13.5. The molecule has 0 aromatic heterocycles. The van der Waals surface area contributed by atoms with Crippen molar-refractivity contribution in [2.75, 3.05) is 26.3 Å². The van der Waals surface area contributed by atoms with E-state index in [0.29, 0.717) is 5.78 Å². The lowest BCUT2D eigenvalue weighted by Gasteiger charge is -2.09. The molecule has 102 valence electrons. The van der Waals surface area contributed by atoms with E-state index >= 15 is 0 Å². The topological polar surface area (TPSA) is 47.6 Å². The van der Waals surface area contributed by atoms with Gasteiger partial charge in [0.05, 0.1) is 0 Å². The van der Waals surface area contributed by atoms with Gasteiger partial charge in [-0.3, -0.25) is 4.79 Å². The molecule has 0 atom stereocenters. The quantitative estimate of drug-likeness (QED) is 0.609. The molecule has 0 spiro atoms. The molecular formula is C13H27NO3. The summed E-state index contributed by atoms with van der Waals surface area (Å²) in [5.74, 6) is 0.402. The molecule has 0 saturated carbocycles. The van der Waals surface area contributed by atoms with Crippen molar-refractivity contribution in [1.29, 1.82) is 0 Å². The van der Waals surface area contributed by atoms with Crippen molar-refractivity contribution in [1.82, 2.24) is 5.32 Å². The van der Waals surface area contributed by atoms with Crippen LogP contribution in [0, 0.1) is 0 Å². The molecule has 0 aliphatic carbocycles. The van der Waals surface area contributed by atoms with E-state index in [1.165, 1.54) is 0 Å². The van der Waals surface area contributed by atoms with Gasteiger partial charge in [-0.25, -0.2) is 0 Å². The van der Waals surface area contributed by atoms with Crippen molar-refractivity contribution in [2.45, 2.75) is 39.9 Å². The molecule has 1 N–H and O–H groups in total. The van der Waals surface area contributed by atoms with Crippen LogP contribution < -0.4 is 5.32 Å². The number of ether oxygens (including phenoxy) is 2. The number of rotatable bonds is 4. The molecule has 1 aliphatic rings. The summed E-state index contributed by atoms with van der Waals surface area (Å²) < 4.78 is 10.1. The molecule has 1 heterocycles. The number of hydrogen-bond acceptors (Lipinski definition) is 4. The molecule has 0 unspecified atom stereocenters. The first-order valence-corrected chi connectivity index (χ1v) is 6.16. The SMILES string of the molecule is C=C.CCOC(C)OCC.O=C1CCNCC1. The van der Waals surface area contributed by atoms with E-state index in [0.717, 1.165) is 39.1 Å². The molecule has 4 heteroatoms. The fourth-order valence-electron chi connectivity index (χ4n) is 1.22. The van der Waals surface area contributed by atoms with Crippen LogP contribution >= 0.6 is 0 Å². The van der Waals surface area contributed by atoms with Crippen LogP contribution in [0.25, 0.3) is 0 Å². The minimum atomic E-state index is -0.0370. The zero-order valence-electron chi connectivity index (χ0n) is 11.5. The largest absolute Gasteiger partial charge is 0.353 e. The Labute approximate surface area is 105 Å². The first-order chi connectivity index (χ1) is 8.20. The van der Waals surface area contributed by atoms with Gasteiger partial charge >= 0.3 is 0 Å². The van der Waals surface area contributed by atoms with E-state index in [1.807, 2.05) is 20.8 Å². The summed E-state index contributed by atoms with van der Waals surface area (Å²) in [5, 5.41) is 3.09. The van der Waals surface area contributed by atoms with Crippen LogP contribution in [0.2, 0.25) is 0 Å². The highest BCUT2D eigenvalue weighted by Crippen LogP contribution is 1.92. The van der Waals surface area contributed by atoms with E-state index < -0.39 is 0 Å².